The molecule has 0 saturated carbocycles. The van der Waals surface area contributed by atoms with Gasteiger partial charge in [0.2, 0.25) is 5.91 Å². The molecule has 6 heteroatoms. The lowest BCUT2D eigenvalue weighted by molar-refractivity contribution is -0.126. The fraction of sp³-hybridized carbons (Fsp3) is 0.381. The van der Waals surface area contributed by atoms with Crippen molar-refractivity contribution in [2.45, 2.75) is 45.4 Å². The Morgan fingerprint density at radius 3 is 2.63 bits per heavy atom. The minimum Gasteiger partial charge on any atom is -0.356 e. The summed E-state index contributed by atoms with van der Waals surface area (Å²) in [5, 5.41) is 8.25. The summed E-state index contributed by atoms with van der Waals surface area (Å²) in [5.41, 5.74) is 2.83. The predicted octanol–water partition coefficient (Wildman–Crippen LogP) is 4.63. The van der Waals surface area contributed by atoms with Gasteiger partial charge in [-0.05, 0) is 44.0 Å². The zero-order valence-corrected chi connectivity index (χ0v) is 16.8. The third kappa shape index (κ3) is 3.69. The molecule has 1 atom stereocenters. The first-order valence-corrected chi connectivity index (χ1v) is 9.76. The van der Waals surface area contributed by atoms with Crippen LogP contribution in [-0.4, -0.2) is 27.0 Å². The minimum absolute atomic E-state index is 0.0227. The van der Waals surface area contributed by atoms with E-state index in [4.69, 9.17) is 11.6 Å². The molecule has 1 N–H and O–H groups in total. The van der Waals surface area contributed by atoms with Gasteiger partial charge in [-0.15, -0.1) is 0 Å². The summed E-state index contributed by atoms with van der Waals surface area (Å²) < 4.78 is 1.80. The summed E-state index contributed by atoms with van der Waals surface area (Å²) >= 11 is 6.01. The van der Waals surface area contributed by atoms with E-state index in [0.29, 0.717) is 11.6 Å². The standard InChI is InChI=1S/C21H25ClN4O/c1-4-6-12-21(3,20(27)23-5-2)18-11-13-24-19-17(14-25-26(18)19)15-7-9-16(22)10-8-15/h7-11,13-14H,4-6,12H2,1-3H3,(H,23,27). The number of benzene rings is 1. The third-order valence-electron chi connectivity index (χ3n) is 4.99. The number of nitrogens with one attached hydrogen (secondary N) is 1. The highest BCUT2D eigenvalue weighted by Gasteiger charge is 2.37. The second kappa shape index (κ2) is 8.09. The van der Waals surface area contributed by atoms with Gasteiger partial charge in [0.25, 0.3) is 0 Å². The molecule has 27 heavy (non-hydrogen) atoms. The van der Waals surface area contributed by atoms with E-state index in [1.54, 1.807) is 16.9 Å². The lowest BCUT2D eigenvalue weighted by Crippen LogP contribution is -2.43. The summed E-state index contributed by atoms with van der Waals surface area (Å²) in [6, 6.07) is 9.51. The van der Waals surface area contributed by atoms with Crippen molar-refractivity contribution in [2.75, 3.05) is 6.54 Å². The molecule has 3 aromatic rings. The Morgan fingerprint density at radius 2 is 1.96 bits per heavy atom. The normalized spacial score (nSPS) is 13.5. The van der Waals surface area contributed by atoms with Gasteiger partial charge in [-0.1, -0.05) is 43.5 Å². The second-order valence-corrected chi connectivity index (χ2v) is 7.36. The minimum atomic E-state index is -0.670. The summed E-state index contributed by atoms with van der Waals surface area (Å²) in [6.45, 7) is 6.66. The quantitative estimate of drug-likeness (QED) is 0.645. The van der Waals surface area contributed by atoms with Crippen LogP contribution in [0.5, 0.6) is 0 Å². The molecule has 2 heterocycles. The molecule has 0 saturated heterocycles. The lowest BCUT2D eigenvalue weighted by Gasteiger charge is -2.28. The topological polar surface area (TPSA) is 59.3 Å². The van der Waals surface area contributed by atoms with Crippen molar-refractivity contribution < 1.29 is 4.79 Å². The van der Waals surface area contributed by atoms with E-state index >= 15 is 0 Å². The van der Waals surface area contributed by atoms with Crippen molar-refractivity contribution in [3.8, 4) is 11.1 Å². The third-order valence-corrected chi connectivity index (χ3v) is 5.24. The molecule has 2 aromatic heterocycles. The van der Waals surface area contributed by atoms with Gasteiger partial charge in [-0.25, -0.2) is 9.50 Å². The summed E-state index contributed by atoms with van der Waals surface area (Å²) in [7, 11) is 0. The Balaban J connectivity index is 2.13. The first kappa shape index (κ1) is 19.4. The number of carbonyl (C=O) groups excluding carboxylic acids is 1. The number of rotatable bonds is 7. The van der Waals surface area contributed by atoms with Crippen molar-refractivity contribution in [1.82, 2.24) is 19.9 Å². The monoisotopic (exact) mass is 384 g/mol. The van der Waals surface area contributed by atoms with E-state index in [9.17, 15) is 4.79 Å². The molecule has 0 fully saturated rings. The Kier molecular flexibility index (Phi) is 5.80. The molecule has 3 rings (SSSR count). The Bertz CT molecular complexity index is 935. The molecule has 0 aliphatic heterocycles. The van der Waals surface area contributed by atoms with Crippen molar-refractivity contribution >= 4 is 23.2 Å². The number of fused-ring (bicyclic) bond motifs is 1. The molecule has 0 spiro atoms. The smallest absolute Gasteiger partial charge is 0.231 e. The van der Waals surface area contributed by atoms with Gasteiger partial charge in [0.05, 0.1) is 17.3 Å². The van der Waals surface area contributed by atoms with Gasteiger partial charge in [0.1, 0.15) is 0 Å². The van der Waals surface area contributed by atoms with E-state index in [0.717, 1.165) is 41.7 Å². The van der Waals surface area contributed by atoms with Crippen LogP contribution in [0.4, 0.5) is 0 Å². The largest absolute Gasteiger partial charge is 0.356 e. The zero-order valence-electron chi connectivity index (χ0n) is 16.0. The number of halogens is 1. The fourth-order valence-electron chi connectivity index (χ4n) is 3.39. The van der Waals surface area contributed by atoms with Gasteiger partial charge in [-0.2, -0.15) is 5.10 Å². The number of hydrogen-bond acceptors (Lipinski definition) is 3. The SMILES string of the molecule is CCCCC(C)(C(=O)NCC)c1ccnc2c(-c3ccc(Cl)cc3)cnn12. The first-order chi connectivity index (χ1) is 13.0. The van der Waals surface area contributed by atoms with Crippen LogP contribution in [0.25, 0.3) is 16.8 Å². The molecule has 1 amide bonds. The maximum Gasteiger partial charge on any atom is 0.231 e. The van der Waals surface area contributed by atoms with E-state index in [1.807, 2.05) is 44.2 Å². The van der Waals surface area contributed by atoms with Gasteiger partial charge >= 0.3 is 0 Å². The van der Waals surface area contributed by atoms with E-state index in [-0.39, 0.29) is 5.91 Å². The van der Waals surface area contributed by atoms with Crippen LogP contribution in [-0.2, 0) is 10.2 Å². The van der Waals surface area contributed by atoms with Crippen LogP contribution in [0.1, 0.15) is 45.7 Å². The number of likely N-dealkylation sites (N-methyl/N-ethyl adjacent to an activating group) is 1. The van der Waals surface area contributed by atoms with E-state index < -0.39 is 5.41 Å². The Labute approximate surface area is 164 Å². The van der Waals surface area contributed by atoms with Crippen molar-refractivity contribution in [3.63, 3.8) is 0 Å². The molecule has 1 aromatic carbocycles. The van der Waals surface area contributed by atoms with Crippen molar-refractivity contribution in [1.29, 1.82) is 0 Å². The second-order valence-electron chi connectivity index (χ2n) is 6.93. The van der Waals surface area contributed by atoms with Gasteiger partial charge in [0.15, 0.2) is 5.65 Å². The molecule has 0 aliphatic rings. The Hall–Kier alpha value is -2.40. The van der Waals surface area contributed by atoms with Crippen LogP contribution in [0.2, 0.25) is 5.02 Å². The van der Waals surface area contributed by atoms with Gasteiger partial charge in [-0.3, -0.25) is 4.79 Å². The zero-order chi connectivity index (χ0) is 19.4. The maximum atomic E-state index is 12.9. The van der Waals surface area contributed by atoms with Crippen LogP contribution in [0.3, 0.4) is 0 Å². The molecule has 0 aliphatic carbocycles. The number of hydrogen-bond donors (Lipinski definition) is 1. The van der Waals surface area contributed by atoms with Crippen LogP contribution in [0, 0.1) is 0 Å². The lowest BCUT2D eigenvalue weighted by atomic mass is 9.80. The summed E-state index contributed by atoms with van der Waals surface area (Å²) in [6.07, 6.45) is 6.30. The number of aromatic nitrogens is 3. The number of nitrogens with zero attached hydrogens (tertiary/aromatic N) is 3. The number of amides is 1. The molecular formula is C21H25ClN4O. The van der Waals surface area contributed by atoms with Crippen LogP contribution < -0.4 is 5.32 Å². The predicted molar refractivity (Wildman–Crippen MR) is 109 cm³/mol. The highest BCUT2D eigenvalue weighted by atomic mass is 35.5. The van der Waals surface area contributed by atoms with Gasteiger partial charge in [0, 0.05) is 23.3 Å². The maximum absolute atomic E-state index is 12.9. The molecule has 0 radical (unpaired) electrons. The molecule has 0 bridgehead atoms. The summed E-state index contributed by atoms with van der Waals surface area (Å²) in [5.74, 6) is 0.0227. The average Bonchev–Trinajstić information content (AvgIpc) is 3.11. The summed E-state index contributed by atoms with van der Waals surface area (Å²) in [4.78, 5) is 17.5. The van der Waals surface area contributed by atoms with E-state index in [2.05, 4.69) is 22.3 Å². The highest BCUT2D eigenvalue weighted by Crippen LogP contribution is 2.32. The number of carbonyl (C=O) groups is 1. The Morgan fingerprint density at radius 1 is 1.22 bits per heavy atom. The highest BCUT2D eigenvalue weighted by molar-refractivity contribution is 6.30. The fourth-order valence-corrected chi connectivity index (χ4v) is 3.51. The van der Waals surface area contributed by atoms with Crippen molar-refractivity contribution in [2.24, 2.45) is 0 Å². The van der Waals surface area contributed by atoms with E-state index in [1.165, 1.54) is 0 Å². The van der Waals surface area contributed by atoms with Crippen molar-refractivity contribution in [3.05, 3.63) is 53.4 Å². The molecule has 1 unspecified atom stereocenters. The first-order valence-electron chi connectivity index (χ1n) is 9.38. The van der Waals surface area contributed by atoms with Gasteiger partial charge < -0.3 is 5.32 Å². The van der Waals surface area contributed by atoms with Crippen LogP contribution >= 0.6 is 11.6 Å². The molecule has 142 valence electrons. The van der Waals surface area contributed by atoms with Crippen LogP contribution in [0.15, 0.2) is 42.7 Å². The molecular weight excluding hydrogens is 360 g/mol. The number of unbranched alkanes of at least 4 members (excludes halogenated alkanes) is 1. The average molecular weight is 385 g/mol. The molecule has 5 nitrogen and oxygen atoms in total.